The molecule has 0 aromatic heterocycles. The molecule has 0 heterocycles. The zero-order valence-corrected chi connectivity index (χ0v) is 14.6. The Morgan fingerprint density at radius 1 is 1.09 bits per heavy atom. The zero-order valence-electron chi connectivity index (χ0n) is 12.3. The summed E-state index contributed by atoms with van der Waals surface area (Å²) < 4.78 is 31.8. The lowest BCUT2D eigenvalue weighted by Gasteiger charge is -2.12. The highest BCUT2D eigenvalue weighted by molar-refractivity contribution is 7.92. The van der Waals surface area contributed by atoms with Crippen LogP contribution in [0.4, 0.5) is 5.69 Å². The molecule has 0 atom stereocenters. The predicted octanol–water partition coefficient (Wildman–Crippen LogP) is 3.89. The Labute approximate surface area is 144 Å². The molecule has 2 aromatic carbocycles. The number of rotatable bonds is 4. The lowest BCUT2D eigenvalue weighted by molar-refractivity contribution is 0.0600. The number of esters is 1. The van der Waals surface area contributed by atoms with E-state index in [0.29, 0.717) is 16.8 Å². The average molecular weight is 374 g/mol. The molecule has 0 aliphatic rings. The van der Waals surface area contributed by atoms with Crippen LogP contribution < -0.4 is 4.72 Å². The van der Waals surface area contributed by atoms with Crippen LogP contribution >= 0.6 is 23.2 Å². The van der Waals surface area contributed by atoms with Crippen molar-refractivity contribution in [2.24, 2.45) is 0 Å². The summed E-state index contributed by atoms with van der Waals surface area (Å²) in [6, 6.07) is 8.55. The molecule has 2 aromatic rings. The number of anilines is 1. The fourth-order valence-electron chi connectivity index (χ4n) is 1.87. The van der Waals surface area contributed by atoms with Crippen molar-refractivity contribution in [3.8, 4) is 0 Å². The minimum absolute atomic E-state index is 0.0108. The van der Waals surface area contributed by atoms with Crippen LogP contribution in [-0.2, 0) is 14.8 Å². The van der Waals surface area contributed by atoms with Crippen molar-refractivity contribution in [1.29, 1.82) is 0 Å². The highest BCUT2D eigenvalue weighted by Gasteiger charge is 2.17. The van der Waals surface area contributed by atoms with Crippen molar-refractivity contribution in [1.82, 2.24) is 0 Å². The Morgan fingerprint density at radius 3 is 2.35 bits per heavy atom. The summed E-state index contributed by atoms with van der Waals surface area (Å²) in [4.78, 5) is 11.5. The number of sulfonamides is 1. The summed E-state index contributed by atoms with van der Waals surface area (Å²) in [6.07, 6.45) is 0. The normalized spacial score (nSPS) is 11.1. The van der Waals surface area contributed by atoms with E-state index in [2.05, 4.69) is 9.46 Å². The Morgan fingerprint density at radius 2 is 1.78 bits per heavy atom. The number of carbonyl (C=O) groups excluding carboxylic acids is 1. The number of methoxy groups -OCH3 is 1. The highest BCUT2D eigenvalue weighted by Crippen LogP contribution is 2.27. The molecular weight excluding hydrogens is 361 g/mol. The molecule has 8 heteroatoms. The molecule has 122 valence electrons. The molecule has 0 saturated heterocycles. The van der Waals surface area contributed by atoms with Gasteiger partial charge in [-0.3, -0.25) is 4.72 Å². The summed E-state index contributed by atoms with van der Waals surface area (Å²) in [6.45, 7) is 1.68. The van der Waals surface area contributed by atoms with Crippen LogP contribution in [0.1, 0.15) is 15.9 Å². The predicted molar refractivity (Wildman–Crippen MR) is 89.8 cm³/mol. The number of hydrogen-bond acceptors (Lipinski definition) is 4. The van der Waals surface area contributed by atoms with Crippen molar-refractivity contribution >= 4 is 44.9 Å². The van der Waals surface area contributed by atoms with E-state index in [1.807, 2.05) is 0 Å². The van der Waals surface area contributed by atoms with Gasteiger partial charge < -0.3 is 4.74 Å². The third kappa shape index (κ3) is 3.96. The molecule has 0 radical (unpaired) electrons. The van der Waals surface area contributed by atoms with E-state index in [1.165, 1.54) is 37.4 Å². The fraction of sp³-hybridized carbons (Fsp3) is 0.133. The van der Waals surface area contributed by atoms with Crippen LogP contribution in [0.15, 0.2) is 41.3 Å². The van der Waals surface area contributed by atoms with Gasteiger partial charge >= 0.3 is 5.97 Å². The van der Waals surface area contributed by atoms with Crippen molar-refractivity contribution in [2.75, 3.05) is 11.8 Å². The molecule has 0 bridgehead atoms. The van der Waals surface area contributed by atoms with Crippen molar-refractivity contribution in [3.63, 3.8) is 0 Å². The average Bonchev–Trinajstić information content (AvgIpc) is 2.51. The van der Waals surface area contributed by atoms with Gasteiger partial charge in [0, 0.05) is 0 Å². The SMILES string of the molecule is COC(=O)c1ccc(NS(=O)(=O)c2ccc(Cl)c(Cl)c2)c(C)c1. The molecular formula is C15H13Cl2NO4S. The summed E-state index contributed by atoms with van der Waals surface area (Å²) in [5, 5.41) is 0.413. The number of carbonyl (C=O) groups is 1. The Bertz CT molecular complexity index is 866. The van der Waals surface area contributed by atoms with Gasteiger partial charge in [-0.1, -0.05) is 23.2 Å². The van der Waals surface area contributed by atoms with Crippen LogP contribution in [0.25, 0.3) is 0 Å². The van der Waals surface area contributed by atoms with E-state index in [0.717, 1.165) is 0 Å². The number of benzene rings is 2. The second kappa shape index (κ2) is 6.78. The van der Waals surface area contributed by atoms with Gasteiger partial charge in [0.1, 0.15) is 0 Å². The van der Waals surface area contributed by atoms with Crippen LogP contribution in [-0.4, -0.2) is 21.5 Å². The first kappa shape index (κ1) is 17.6. The van der Waals surface area contributed by atoms with Gasteiger partial charge in [0.25, 0.3) is 10.0 Å². The molecule has 0 amide bonds. The third-order valence-corrected chi connectivity index (χ3v) is 5.20. The standard InChI is InChI=1S/C15H13Cl2NO4S/c1-9-7-10(15(19)22-2)3-6-14(9)18-23(20,21)11-4-5-12(16)13(17)8-11/h3-8,18H,1-2H3. The highest BCUT2D eigenvalue weighted by atomic mass is 35.5. The van der Waals surface area contributed by atoms with Gasteiger partial charge in [-0.2, -0.15) is 0 Å². The van der Waals surface area contributed by atoms with Gasteiger partial charge in [0.15, 0.2) is 0 Å². The number of hydrogen-bond donors (Lipinski definition) is 1. The van der Waals surface area contributed by atoms with Crippen LogP contribution in [0.5, 0.6) is 0 Å². The first-order valence-corrected chi connectivity index (χ1v) is 8.65. The first-order chi connectivity index (χ1) is 10.7. The minimum Gasteiger partial charge on any atom is -0.465 e. The third-order valence-electron chi connectivity index (χ3n) is 3.09. The molecule has 0 spiro atoms. The Hall–Kier alpha value is -1.76. The first-order valence-electron chi connectivity index (χ1n) is 6.41. The largest absolute Gasteiger partial charge is 0.465 e. The van der Waals surface area contributed by atoms with E-state index < -0.39 is 16.0 Å². The number of ether oxygens (including phenoxy) is 1. The minimum atomic E-state index is -3.82. The zero-order chi connectivity index (χ0) is 17.2. The molecule has 0 aliphatic carbocycles. The summed E-state index contributed by atoms with van der Waals surface area (Å²) in [7, 11) is -2.55. The van der Waals surface area contributed by atoms with Crippen molar-refractivity contribution in [2.45, 2.75) is 11.8 Å². The van der Waals surface area contributed by atoms with Crippen molar-refractivity contribution in [3.05, 3.63) is 57.6 Å². The molecule has 2 rings (SSSR count). The van der Waals surface area contributed by atoms with Crippen molar-refractivity contribution < 1.29 is 17.9 Å². The lowest BCUT2D eigenvalue weighted by Crippen LogP contribution is -2.14. The molecule has 23 heavy (non-hydrogen) atoms. The quantitative estimate of drug-likeness (QED) is 0.825. The maximum atomic E-state index is 12.4. The van der Waals surface area contributed by atoms with E-state index in [-0.39, 0.29) is 14.9 Å². The van der Waals surface area contributed by atoms with Crippen LogP contribution in [0.2, 0.25) is 10.0 Å². The Kier molecular flexibility index (Phi) is 5.19. The molecule has 1 N–H and O–H groups in total. The van der Waals surface area contributed by atoms with E-state index in [1.54, 1.807) is 13.0 Å². The maximum Gasteiger partial charge on any atom is 0.337 e. The fourth-order valence-corrected chi connectivity index (χ4v) is 3.39. The van der Waals surface area contributed by atoms with E-state index in [9.17, 15) is 13.2 Å². The smallest absolute Gasteiger partial charge is 0.337 e. The van der Waals surface area contributed by atoms with Gasteiger partial charge in [0.2, 0.25) is 0 Å². The summed E-state index contributed by atoms with van der Waals surface area (Å²) >= 11 is 11.6. The monoisotopic (exact) mass is 373 g/mol. The maximum absolute atomic E-state index is 12.4. The van der Waals surface area contributed by atoms with E-state index >= 15 is 0 Å². The number of nitrogens with one attached hydrogen (secondary N) is 1. The molecule has 0 saturated carbocycles. The lowest BCUT2D eigenvalue weighted by atomic mass is 10.1. The summed E-state index contributed by atoms with van der Waals surface area (Å²) in [5.74, 6) is -0.494. The van der Waals surface area contributed by atoms with Gasteiger partial charge in [-0.05, 0) is 48.9 Å². The van der Waals surface area contributed by atoms with Crippen LogP contribution in [0.3, 0.4) is 0 Å². The number of aryl methyl sites for hydroxylation is 1. The number of halogens is 2. The van der Waals surface area contributed by atoms with Gasteiger partial charge in [0.05, 0.1) is 33.3 Å². The second-order valence-corrected chi connectivity index (χ2v) is 7.20. The van der Waals surface area contributed by atoms with Gasteiger partial charge in [-0.15, -0.1) is 0 Å². The van der Waals surface area contributed by atoms with Gasteiger partial charge in [-0.25, -0.2) is 13.2 Å². The molecule has 0 fully saturated rings. The van der Waals surface area contributed by atoms with Crippen LogP contribution in [0, 0.1) is 6.92 Å². The topological polar surface area (TPSA) is 72.5 Å². The molecule has 5 nitrogen and oxygen atoms in total. The summed E-state index contributed by atoms with van der Waals surface area (Å²) in [5.41, 5.74) is 1.27. The molecule has 0 unspecified atom stereocenters. The van der Waals surface area contributed by atoms with E-state index in [4.69, 9.17) is 23.2 Å². The molecule has 0 aliphatic heterocycles. The Balaban J connectivity index is 2.33. The second-order valence-electron chi connectivity index (χ2n) is 4.70.